The van der Waals surface area contributed by atoms with E-state index >= 15 is 0 Å². The van der Waals surface area contributed by atoms with Gasteiger partial charge in [0.2, 0.25) is 5.95 Å². The molecule has 6 nitrogen and oxygen atoms in total. The number of rotatable bonds is 5. The van der Waals surface area contributed by atoms with Crippen molar-refractivity contribution in [3.63, 3.8) is 0 Å². The molecule has 2 aromatic rings. The van der Waals surface area contributed by atoms with Crippen LogP contribution in [0, 0.1) is 5.92 Å². The minimum Gasteiger partial charge on any atom is -0.356 e. The Labute approximate surface area is 191 Å². The molecule has 0 unspecified atom stereocenters. The van der Waals surface area contributed by atoms with Crippen molar-refractivity contribution >= 4 is 34.9 Å². The third-order valence-corrected chi connectivity index (χ3v) is 6.45. The molecule has 4 rings (SSSR count). The quantitative estimate of drug-likeness (QED) is 0.653. The average Bonchev–Trinajstić information content (AvgIpc) is 2.80. The number of hydrogen-bond donors (Lipinski definition) is 2. The smallest absolute Gasteiger partial charge is 0.232 e. The van der Waals surface area contributed by atoms with Crippen molar-refractivity contribution in [2.24, 2.45) is 5.92 Å². The number of benzene rings is 1. The van der Waals surface area contributed by atoms with Crippen LogP contribution in [0.4, 0.5) is 17.6 Å². The van der Waals surface area contributed by atoms with Crippen molar-refractivity contribution in [2.75, 3.05) is 41.3 Å². The highest BCUT2D eigenvalue weighted by Gasteiger charge is 2.21. The maximum absolute atomic E-state index is 5.60. The lowest BCUT2D eigenvalue weighted by atomic mass is 10.0. The van der Waals surface area contributed by atoms with Gasteiger partial charge in [0.1, 0.15) is 11.6 Å². The fraction of sp³-hybridized carbons (Fsp3) is 0.542. The van der Waals surface area contributed by atoms with Crippen molar-refractivity contribution < 1.29 is 0 Å². The topological polar surface area (TPSA) is 56.3 Å². The number of nitrogens with zero attached hydrogens (tertiary/aromatic N) is 4. The number of piperidine rings is 2. The van der Waals surface area contributed by atoms with Gasteiger partial charge in [-0.15, -0.1) is 0 Å². The summed E-state index contributed by atoms with van der Waals surface area (Å²) in [6.07, 6.45) is 6.24. The maximum atomic E-state index is 5.60. The monoisotopic (exact) mass is 438 g/mol. The van der Waals surface area contributed by atoms with Gasteiger partial charge in [0.15, 0.2) is 5.11 Å². The van der Waals surface area contributed by atoms with Crippen molar-refractivity contribution in [2.45, 2.75) is 52.0 Å². The molecular formula is C24H34N6S. The molecule has 0 radical (unpaired) electrons. The van der Waals surface area contributed by atoms with E-state index in [0.29, 0.717) is 17.0 Å². The van der Waals surface area contributed by atoms with Gasteiger partial charge in [-0.3, -0.25) is 0 Å². The molecule has 2 fully saturated rings. The average molecular weight is 439 g/mol. The minimum atomic E-state index is 0.105. The molecule has 0 bridgehead atoms. The molecule has 0 spiro atoms. The molecule has 7 heteroatoms. The first-order valence-electron chi connectivity index (χ1n) is 11.6. The van der Waals surface area contributed by atoms with E-state index in [1.165, 1.54) is 37.7 Å². The molecule has 0 aliphatic carbocycles. The fourth-order valence-corrected chi connectivity index (χ4v) is 4.75. The van der Waals surface area contributed by atoms with E-state index in [0.717, 1.165) is 37.8 Å². The molecule has 2 N–H and O–H groups in total. The van der Waals surface area contributed by atoms with E-state index < -0.39 is 0 Å². The number of hydrogen-bond acceptors (Lipinski definition) is 5. The predicted octanol–water partition coefficient (Wildman–Crippen LogP) is 4.75. The number of aromatic nitrogens is 2. The lowest BCUT2D eigenvalue weighted by Gasteiger charge is -2.33. The molecule has 31 heavy (non-hydrogen) atoms. The third kappa shape index (κ3) is 5.85. The van der Waals surface area contributed by atoms with Crippen LogP contribution < -0.4 is 20.4 Å². The van der Waals surface area contributed by atoms with Crippen LogP contribution in [0.25, 0.3) is 0 Å². The summed E-state index contributed by atoms with van der Waals surface area (Å²) in [6, 6.07) is 12.6. The van der Waals surface area contributed by atoms with Crippen LogP contribution in [0.3, 0.4) is 0 Å². The number of anilines is 3. The summed E-state index contributed by atoms with van der Waals surface area (Å²) in [5.74, 6) is 3.27. The van der Waals surface area contributed by atoms with E-state index in [9.17, 15) is 0 Å². The Morgan fingerprint density at radius 2 is 1.68 bits per heavy atom. The summed E-state index contributed by atoms with van der Waals surface area (Å²) < 4.78 is 0. The van der Waals surface area contributed by atoms with Gasteiger partial charge in [0, 0.05) is 32.2 Å². The summed E-state index contributed by atoms with van der Waals surface area (Å²) in [6.45, 7) is 8.63. The number of nitrogens with one attached hydrogen (secondary N) is 2. The largest absolute Gasteiger partial charge is 0.356 e. The van der Waals surface area contributed by atoms with Gasteiger partial charge >= 0.3 is 0 Å². The van der Waals surface area contributed by atoms with E-state index in [2.05, 4.69) is 52.5 Å². The molecule has 0 amide bonds. The van der Waals surface area contributed by atoms with Crippen LogP contribution in [-0.2, 0) is 0 Å². The molecule has 1 aromatic carbocycles. The highest BCUT2D eigenvalue weighted by atomic mass is 32.1. The Hall–Kier alpha value is -2.41. The maximum Gasteiger partial charge on any atom is 0.232 e. The predicted molar refractivity (Wildman–Crippen MR) is 133 cm³/mol. The van der Waals surface area contributed by atoms with E-state index in [4.69, 9.17) is 22.2 Å². The standard InChI is InChI=1S/C24H34N6S/c1-18-10-9-15-30(17-18)22-16-21(29-13-7-4-8-14-29)26-23(27-22)28-24(31)25-19(2)20-11-5-3-6-12-20/h3,5-6,11-12,16,18-19H,4,7-10,13-15,17H2,1-2H3,(H2,25,26,27,28,31)/t18-,19+/m0/s1. The Morgan fingerprint density at radius 3 is 2.39 bits per heavy atom. The summed E-state index contributed by atoms with van der Waals surface area (Å²) in [4.78, 5) is 14.5. The molecular weight excluding hydrogens is 404 g/mol. The second-order valence-corrected chi connectivity index (χ2v) is 9.29. The van der Waals surface area contributed by atoms with Gasteiger partial charge in [0.05, 0.1) is 6.04 Å². The van der Waals surface area contributed by atoms with E-state index in [1.54, 1.807) is 0 Å². The van der Waals surface area contributed by atoms with Crippen molar-refractivity contribution in [1.82, 2.24) is 15.3 Å². The van der Waals surface area contributed by atoms with Gasteiger partial charge < -0.3 is 20.4 Å². The third-order valence-electron chi connectivity index (χ3n) is 6.23. The lowest BCUT2D eigenvalue weighted by molar-refractivity contribution is 0.444. The summed E-state index contributed by atoms with van der Waals surface area (Å²) in [5.41, 5.74) is 1.19. The second kappa shape index (κ2) is 10.3. The van der Waals surface area contributed by atoms with Crippen LogP contribution in [0.15, 0.2) is 36.4 Å². The molecule has 2 aliphatic rings. The molecule has 166 valence electrons. The molecule has 0 saturated carbocycles. The fourth-order valence-electron chi connectivity index (χ4n) is 4.48. The Kier molecular flexibility index (Phi) is 7.22. The highest BCUT2D eigenvalue weighted by molar-refractivity contribution is 7.80. The zero-order valence-electron chi connectivity index (χ0n) is 18.7. The second-order valence-electron chi connectivity index (χ2n) is 8.88. The van der Waals surface area contributed by atoms with Crippen LogP contribution in [-0.4, -0.2) is 41.3 Å². The Balaban J connectivity index is 1.52. The van der Waals surface area contributed by atoms with E-state index in [1.807, 2.05) is 18.2 Å². The van der Waals surface area contributed by atoms with Gasteiger partial charge in [0.25, 0.3) is 0 Å². The normalized spacial score (nSPS) is 20.3. The lowest BCUT2D eigenvalue weighted by Crippen LogP contribution is -2.36. The van der Waals surface area contributed by atoms with Gasteiger partial charge in [-0.1, -0.05) is 37.3 Å². The Bertz CT molecular complexity index is 868. The first kappa shape index (κ1) is 21.8. The molecule has 2 saturated heterocycles. The van der Waals surface area contributed by atoms with Crippen molar-refractivity contribution in [3.8, 4) is 0 Å². The van der Waals surface area contributed by atoms with Gasteiger partial charge in [-0.2, -0.15) is 9.97 Å². The van der Waals surface area contributed by atoms with Crippen LogP contribution in [0.5, 0.6) is 0 Å². The summed E-state index contributed by atoms with van der Waals surface area (Å²) in [5, 5.41) is 7.17. The van der Waals surface area contributed by atoms with Crippen LogP contribution >= 0.6 is 12.2 Å². The molecule has 3 heterocycles. The summed E-state index contributed by atoms with van der Waals surface area (Å²) in [7, 11) is 0. The summed E-state index contributed by atoms with van der Waals surface area (Å²) >= 11 is 5.60. The Morgan fingerprint density at radius 1 is 1.00 bits per heavy atom. The minimum absolute atomic E-state index is 0.105. The highest BCUT2D eigenvalue weighted by Crippen LogP contribution is 2.27. The SMILES string of the molecule is C[C@H]1CCCN(c2cc(N3CCCCC3)nc(NC(=S)N[C@H](C)c3ccccc3)n2)C1. The molecule has 1 aromatic heterocycles. The first-order chi connectivity index (χ1) is 15.1. The van der Waals surface area contributed by atoms with Gasteiger partial charge in [-0.05, 0) is 62.7 Å². The molecule has 2 aliphatic heterocycles. The van der Waals surface area contributed by atoms with Gasteiger partial charge in [-0.25, -0.2) is 0 Å². The zero-order chi connectivity index (χ0) is 21.6. The van der Waals surface area contributed by atoms with Crippen LogP contribution in [0.1, 0.15) is 57.6 Å². The van der Waals surface area contributed by atoms with E-state index in [-0.39, 0.29) is 6.04 Å². The first-order valence-corrected chi connectivity index (χ1v) is 12.0. The number of thiocarbonyl (C=S) groups is 1. The van der Waals surface area contributed by atoms with Crippen molar-refractivity contribution in [1.29, 1.82) is 0 Å². The molecule has 2 atom stereocenters. The zero-order valence-corrected chi connectivity index (χ0v) is 19.5. The van der Waals surface area contributed by atoms with Crippen LogP contribution in [0.2, 0.25) is 0 Å². The van der Waals surface area contributed by atoms with Crippen molar-refractivity contribution in [3.05, 3.63) is 42.0 Å².